The van der Waals surface area contributed by atoms with Gasteiger partial charge in [0.25, 0.3) is 11.8 Å². The number of aliphatic hydroxyl groups is 3. The molecule has 0 aliphatic rings. The molecule has 0 aliphatic carbocycles. The van der Waals surface area contributed by atoms with Gasteiger partial charge in [0.1, 0.15) is 76.8 Å². The van der Waals surface area contributed by atoms with E-state index in [9.17, 15) is 52.5 Å². The fourth-order valence-electron chi connectivity index (χ4n) is 7.86. The summed E-state index contributed by atoms with van der Waals surface area (Å²) >= 11 is 54.9. The molecule has 0 radical (unpaired) electrons. The predicted octanol–water partition coefficient (Wildman–Crippen LogP) is 14.9. The van der Waals surface area contributed by atoms with Gasteiger partial charge in [0.2, 0.25) is 0 Å². The van der Waals surface area contributed by atoms with E-state index in [4.69, 9.17) is 90.5 Å². The number of alkyl carbamates (subject to hydrolysis) is 2. The fourth-order valence-corrected chi connectivity index (χ4v) is 18.0. The number of ether oxygens (including phenoxy) is 2. The second kappa shape index (κ2) is 53.3. The summed E-state index contributed by atoms with van der Waals surface area (Å²) in [6.45, 7) is 11.1. The standard InChI is InChI=1S/C19H23Cl2FN4O4S.C14H15Cl2FN4O2S.C11H11Cl2FNO2.C8H12BrN3O2S.C3H2Br2N2S.C3H4BrN3S.C3H3BrN2S.3CH3.Sn/c1-19(2,3)30-18(29)23-9-13-25-26-17(31-13)11-6-4-10(5-7-11)14(27)12(8-22)24-16(28)15(20)21;15-12(16)13(23)19-9(5-17)11(22)7-1-3-8(4-2-7)14-21-20-10(6-18)24-14;12-10(13)11(17)15-8(6-14)9(16)7-4-2-1-3-5-7;1-8(2,3)14-7(13)10-4-5-11-12-6(9)15-5;4-1-2-6-7-3(5)8-2;4-3-7-6-2(1-5)8-3;1-2-5-6-3(4)7-2;;;;/h4-7,12,14-15,27H,8-9H2,1-3H3,(H,23,29)(H,24,28);1-4,9,11-12,22H,5-6,18H2,(H,19,23);2-5,8-10,16H,6H2,(H,15,17);4H2,1-3H3,(H,10,13);1H2;1,5H2;1H3;3*1H3;/t12-,14-;9-,11-;8-,9-;;;;;;;;/m111......../s1. The summed E-state index contributed by atoms with van der Waals surface area (Å²) in [5, 5.41) is 95.8. The van der Waals surface area contributed by atoms with Crippen LogP contribution in [-0.4, -0.2) is 189 Å². The van der Waals surface area contributed by atoms with Gasteiger partial charge in [0.15, 0.2) is 25.3 Å². The van der Waals surface area contributed by atoms with Crippen molar-refractivity contribution in [3.05, 3.63) is 135 Å². The van der Waals surface area contributed by atoms with Gasteiger partial charge in [-0.3, -0.25) is 9.59 Å². The van der Waals surface area contributed by atoms with E-state index in [1.165, 1.54) is 71.6 Å². The van der Waals surface area contributed by atoms with Crippen LogP contribution in [0, 0.1) is 6.92 Å². The number of benzene rings is 3. The Morgan fingerprint density at radius 2 is 0.746 bits per heavy atom. The fraction of sp³-hybridized carbons (Fsp3) is 0.453. The first-order valence-corrected chi connectivity index (χ1v) is 54.5. The molecule has 6 aromatic heterocycles. The van der Waals surface area contributed by atoms with Crippen molar-refractivity contribution in [2.75, 3.05) is 20.0 Å². The van der Waals surface area contributed by atoms with Crippen molar-refractivity contribution in [3.63, 3.8) is 0 Å². The number of nitrogens with two attached hydrogens (primary N) is 2. The molecule has 6 atom stereocenters. The number of aromatic nitrogens is 12. The second-order valence-electron chi connectivity index (χ2n) is 25.3. The summed E-state index contributed by atoms with van der Waals surface area (Å²) < 4.78 is 54.1. The summed E-state index contributed by atoms with van der Waals surface area (Å²) in [4.78, 5) is 60.2. The number of aryl methyl sites for hydroxylation is 1. The van der Waals surface area contributed by atoms with Crippen molar-refractivity contribution in [1.29, 1.82) is 0 Å². The van der Waals surface area contributed by atoms with Crippen LogP contribution < -0.4 is 41.6 Å². The average Bonchev–Trinajstić information content (AvgIpc) is 1.68. The number of nitrogens with zero attached hydrogens (tertiary/aromatic N) is 12. The number of alkyl halides is 10. The summed E-state index contributed by atoms with van der Waals surface area (Å²) in [5.41, 5.74) is 12.6. The molecule has 628 valence electrons. The molecule has 0 saturated heterocycles. The molecule has 0 unspecified atom stereocenters. The maximum atomic E-state index is 13.3. The van der Waals surface area contributed by atoms with Gasteiger partial charge in [-0.2, -0.15) is 0 Å². The van der Waals surface area contributed by atoms with E-state index in [0.717, 1.165) is 48.2 Å². The Morgan fingerprint density at radius 1 is 0.456 bits per heavy atom. The maximum absolute atomic E-state index is 13.3. The van der Waals surface area contributed by atoms with Crippen molar-refractivity contribution in [2.24, 2.45) is 11.5 Å². The molecule has 0 spiro atoms. The Kier molecular flexibility index (Phi) is 49.0. The van der Waals surface area contributed by atoms with Crippen molar-refractivity contribution in [2.45, 2.75) is 157 Å². The monoisotopic (exact) mass is 2250 g/mol. The van der Waals surface area contributed by atoms with Crippen molar-refractivity contribution < 1.29 is 61.9 Å². The van der Waals surface area contributed by atoms with Gasteiger partial charge >= 0.3 is 151 Å². The first-order chi connectivity index (χ1) is 53.4. The van der Waals surface area contributed by atoms with Gasteiger partial charge in [-0.15, -0.1) is 61.2 Å². The predicted molar refractivity (Wildman–Crippen MR) is 465 cm³/mol. The first kappa shape index (κ1) is 105. The van der Waals surface area contributed by atoms with Gasteiger partial charge in [-0.25, -0.2) is 18.4 Å². The molecule has 0 aliphatic heterocycles. The summed E-state index contributed by atoms with van der Waals surface area (Å²) in [7, 11) is 0. The Morgan fingerprint density at radius 3 is 0.991 bits per heavy atom. The quantitative estimate of drug-likeness (QED) is 0.0188. The van der Waals surface area contributed by atoms with Crippen LogP contribution in [0.2, 0.25) is 14.8 Å². The van der Waals surface area contributed by atoms with Crippen molar-refractivity contribution in [3.8, 4) is 21.1 Å². The SMILES string of the molecule is BrCc1nnc(Br)s1.CC(C)(C)OC(=O)NCc1nnc(-c2ccc([C@@H](O)[C@@H](CF)NC(=O)C(Cl)Cl)cc2)s1.CC(C)(C)OC(=O)NCc1nnc(Br)s1.Cc1nnc(Br)s1.NCc1nnc(-c2ccc([C@@H](O)[C@@H](CF)NC(=O)C(Cl)Cl)cc2)s1.NCc1nnc(Br)s1.[CH3][Sn]([CH3])([CH3])[c]1ccc([C@@H](O)[C@@H](CF)NC(=O)C(Cl)Cl)cc1. The molecule has 6 heterocycles. The molecule has 9 aromatic rings. The van der Waals surface area contributed by atoms with Gasteiger partial charge in [0.05, 0.1) is 30.5 Å². The number of aliphatic hydroxyl groups excluding tert-OH is 3. The molecule has 0 fully saturated rings. The molecule has 0 saturated carbocycles. The summed E-state index contributed by atoms with van der Waals surface area (Å²) in [6, 6.07) is 17.3. The van der Waals surface area contributed by atoms with E-state index in [-0.39, 0.29) is 6.54 Å². The van der Waals surface area contributed by atoms with Crippen LogP contribution in [0.4, 0.5) is 22.8 Å². The number of hydrogen-bond acceptors (Lipinski definition) is 30. The molecule has 3 aromatic carbocycles. The van der Waals surface area contributed by atoms with Crippen LogP contribution in [0.1, 0.15) is 107 Å². The summed E-state index contributed by atoms with van der Waals surface area (Å²) in [5.74, 6) is -2.27. The van der Waals surface area contributed by atoms with Gasteiger partial charge < -0.3 is 52.4 Å². The van der Waals surface area contributed by atoms with Crippen LogP contribution in [0.15, 0.2) is 88.5 Å². The van der Waals surface area contributed by atoms with Gasteiger partial charge in [-0.05, 0) is 123 Å². The molecular weight excluding hydrogens is 2180 g/mol. The van der Waals surface area contributed by atoms with E-state index in [1.807, 2.05) is 39.8 Å². The van der Waals surface area contributed by atoms with Crippen LogP contribution >= 0.6 is 217 Å². The molecule has 5 amide bonds. The van der Waals surface area contributed by atoms with Gasteiger partial charge in [0, 0.05) is 24.2 Å². The van der Waals surface area contributed by atoms with E-state index >= 15 is 0 Å². The molecule has 0 bridgehead atoms. The Hall–Kier alpha value is -3.50. The van der Waals surface area contributed by atoms with Crippen molar-refractivity contribution in [1.82, 2.24) is 87.8 Å². The molecule has 114 heavy (non-hydrogen) atoms. The second-order valence-corrected chi connectivity index (χ2v) is 55.3. The third-order valence-corrected chi connectivity index (χ3v) is 28.4. The number of amides is 5. The third kappa shape index (κ3) is 41.2. The van der Waals surface area contributed by atoms with Crippen LogP contribution in [0.25, 0.3) is 21.1 Å². The van der Waals surface area contributed by atoms with Gasteiger partial charge in [-0.1, -0.05) is 179 Å². The average molecular weight is 2250 g/mol. The Bertz CT molecular complexity index is 4300. The van der Waals surface area contributed by atoms with Crippen LogP contribution in [-0.2, 0) is 55.4 Å². The zero-order valence-electron chi connectivity index (χ0n) is 61.7. The topological polar surface area (TPSA) is 431 Å². The normalized spacial score (nSPS) is 12.7. The zero-order chi connectivity index (χ0) is 85.8. The molecular formula is C64H79Br5Cl6F3N19O10S6Sn. The van der Waals surface area contributed by atoms with Crippen LogP contribution in [0.5, 0.6) is 0 Å². The number of nitrogens with one attached hydrogen (secondary N) is 5. The molecule has 9 rings (SSSR count). The Labute approximate surface area is 755 Å². The van der Waals surface area contributed by atoms with Crippen LogP contribution in [0.3, 0.4) is 0 Å². The minimum atomic E-state index is -2.15. The van der Waals surface area contributed by atoms with Crippen molar-refractivity contribution >= 4 is 269 Å². The number of carbonyl (C=O) groups is 5. The summed E-state index contributed by atoms with van der Waals surface area (Å²) in [6.07, 6.45) is -4.68. The van der Waals surface area contributed by atoms with E-state index < -0.39 is 130 Å². The number of carbonyl (C=O) groups excluding carboxylic acids is 5. The minimum absolute atomic E-state index is 0.170. The first-order valence-electron chi connectivity index (χ1n) is 32.7. The molecule has 12 N–H and O–H groups in total. The number of halogens is 14. The third-order valence-electron chi connectivity index (χ3n) is 13.1. The zero-order valence-corrected chi connectivity index (χ0v) is 82.0. The molecule has 29 nitrogen and oxygen atoms in total. The number of hydrogen-bond donors (Lipinski definition) is 10. The van der Waals surface area contributed by atoms with E-state index in [1.54, 1.807) is 81.4 Å². The van der Waals surface area contributed by atoms with E-state index in [2.05, 4.69) is 182 Å². The number of rotatable bonds is 25. The Balaban J connectivity index is 0.000000365. The van der Waals surface area contributed by atoms with E-state index in [0.29, 0.717) is 60.3 Å². The molecule has 50 heteroatoms.